The molecule has 1 aliphatic rings. The smallest absolute Gasteiger partial charge is 0.307 e. The van der Waals surface area contributed by atoms with E-state index >= 15 is 0 Å². The van der Waals surface area contributed by atoms with Crippen LogP contribution in [0.2, 0.25) is 0 Å². The normalized spacial score (nSPS) is 26.8. The minimum absolute atomic E-state index is 0.171. The van der Waals surface area contributed by atoms with Crippen molar-refractivity contribution in [2.75, 3.05) is 19.0 Å². The van der Waals surface area contributed by atoms with Crippen LogP contribution in [0.4, 0.5) is 0 Å². The van der Waals surface area contributed by atoms with Gasteiger partial charge >= 0.3 is 5.97 Å². The van der Waals surface area contributed by atoms with Crippen molar-refractivity contribution in [3.8, 4) is 0 Å². The van der Waals surface area contributed by atoms with Gasteiger partial charge in [-0.1, -0.05) is 0 Å². The van der Waals surface area contributed by atoms with Crippen molar-refractivity contribution >= 4 is 18.6 Å². The van der Waals surface area contributed by atoms with Gasteiger partial charge in [-0.15, -0.1) is 0 Å². The van der Waals surface area contributed by atoms with Gasteiger partial charge in [-0.25, -0.2) is 0 Å². The summed E-state index contributed by atoms with van der Waals surface area (Å²) in [5.74, 6) is -0.509. The molecular formula is C7H12O3S. The molecule has 11 heavy (non-hydrogen) atoms. The van der Waals surface area contributed by atoms with Crippen LogP contribution in [0.1, 0.15) is 6.42 Å². The zero-order valence-electron chi connectivity index (χ0n) is 6.19. The molecule has 1 rings (SSSR count). The molecule has 0 bridgehead atoms. The maximum atomic E-state index is 10.6. The van der Waals surface area contributed by atoms with Crippen molar-refractivity contribution in [3.63, 3.8) is 0 Å². The van der Waals surface area contributed by atoms with Crippen molar-refractivity contribution in [2.24, 2.45) is 11.8 Å². The third kappa shape index (κ3) is 2.10. The molecule has 0 radical (unpaired) electrons. The van der Waals surface area contributed by atoms with Gasteiger partial charge in [-0.2, -0.15) is 12.6 Å². The number of hydrogen-bond donors (Lipinski definition) is 2. The molecule has 0 aromatic rings. The van der Waals surface area contributed by atoms with E-state index in [0.717, 1.165) is 6.42 Å². The fraction of sp³-hybridized carbons (Fsp3) is 0.857. The minimum Gasteiger partial charge on any atom is -0.481 e. The lowest BCUT2D eigenvalue weighted by Gasteiger charge is -2.14. The SMILES string of the molecule is O=C(O)C(CS)C1CCOC1. The Balaban J connectivity index is 2.46. The number of rotatable bonds is 3. The Hall–Kier alpha value is -0.220. The summed E-state index contributed by atoms with van der Waals surface area (Å²) in [6.45, 7) is 1.28. The van der Waals surface area contributed by atoms with E-state index in [1.165, 1.54) is 0 Å². The van der Waals surface area contributed by atoms with Gasteiger partial charge in [-0.05, 0) is 12.3 Å². The Bertz CT molecular complexity index is 143. The van der Waals surface area contributed by atoms with E-state index in [2.05, 4.69) is 12.6 Å². The summed E-state index contributed by atoms with van der Waals surface area (Å²) < 4.78 is 5.09. The van der Waals surface area contributed by atoms with Crippen LogP contribution in [-0.4, -0.2) is 30.0 Å². The van der Waals surface area contributed by atoms with Gasteiger partial charge in [0.2, 0.25) is 0 Å². The first-order chi connectivity index (χ1) is 5.25. The predicted molar refractivity (Wildman–Crippen MR) is 43.9 cm³/mol. The summed E-state index contributed by atoms with van der Waals surface area (Å²) in [5.41, 5.74) is 0. The zero-order valence-corrected chi connectivity index (χ0v) is 7.09. The second kappa shape index (κ2) is 3.97. The standard InChI is InChI=1S/C7H12O3S/c8-7(9)6(4-11)5-1-2-10-3-5/h5-6,11H,1-4H2,(H,8,9). The summed E-state index contributed by atoms with van der Waals surface area (Å²) in [6.07, 6.45) is 0.859. The van der Waals surface area contributed by atoms with Crippen molar-refractivity contribution in [2.45, 2.75) is 6.42 Å². The van der Waals surface area contributed by atoms with Gasteiger partial charge in [0, 0.05) is 12.4 Å². The first-order valence-electron chi connectivity index (χ1n) is 3.67. The van der Waals surface area contributed by atoms with E-state index in [0.29, 0.717) is 19.0 Å². The van der Waals surface area contributed by atoms with Crippen molar-refractivity contribution in [3.05, 3.63) is 0 Å². The first-order valence-corrected chi connectivity index (χ1v) is 4.30. The maximum absolute atomic E-state index is 10.6. The molecule has 1 aliphatic heterocycles. The molecule has 64 valence electrons. The molecule has 0 aromatic heterocycles. The number of carboxylic acid groups (broad SMARTS) is 1. The van der Waals surface area contributed by atoms with E-state index < -0.39 is 5.97 Å². The van der Waals surface area contributed by atoms with Crippen molar-refractivity contribution in [1.29, 1.82) is 0 Å². The molecule has 3 nitrogen and oxygen atoms in total. The second-order valence-corrected chi connectivity index (χ2v) is 3.12. The minimum atomic E-state index is -0.754. The van der Waals surface area contributed by atoms with Crippen LogP contribution >= 0.6 is 12.6 Å². The summed E-state index contributed by atoms with van der Waals surface area (Å²) in [5, 5.41) is 8.73. The summed E-state index contributed by atoms with van der Waals surface area (Å²) in [7, 11) is 0. The Labute approximate surface area is 71.1 Å². The average molecular weight is 176 g/mol. The highest BCUT2D eigenvalue weighted by molar-refractivity contribution is 7.80. The lowest BCUT2D eigenvalue weighted by Crippen LogP contribution is -2.25. The molecule has 0 amide bonds. The van der Waals surface area contributed by atoms with Gasteiger partial charge in [0.15, 0.2) is 0 Å². The van der Waals surface area contributed by atoms with Crippen LogP contribution in [0, 0.1) is 11.8 Å². The molecule has 0 aliphatic carbocycles. The van der Waals surface area contributed by atoms with Gasteiger partial charge in [-0.3, -0.25) is 4.79 Å². The van der Waals surface area contributed by atoms with Crippen LogP contribution in [-0.2, 0) is 9.53 Å². The van der Waals surface area contributed by atoms with E-state index in [9.17, 15) is 4.79 Å². The first kappa shape index (κ1) is 8.87. The molecule has 0 saturated carbocycles. The lowest BCUT2D eigenvalue weighted by atomic mass is 9.93. The molecule has 1 N–H and O–H groups in total. The molecule has 0 aromatic carbocycles. The summed E-state index contributed by atoms with van der Waals surface area (Å²) >= 11 is 3.99. The van der Waals surface area contributed by atoms with Crippen LogP contribution in [0.15, 0.2) is 0 Å². The highest BCUT2D eigenvalue weighted by atomic mass is 32.1. The van der Waals surface area contributed by atoms with Crippen LogP contribution in [0.5, 0.6) is 0 Å². The van der Waals surface area contributed by atoms with Crippen LogP contribution < -0.4 is 0 Å². The summed E-state index contributed by atoms with van der Waals surface area (Å²) in [6, 6.07) is 0. The molecule has 2 atom stereocenters. The zero-order chi connectivity index (χ0) is 8.27. The molecule has 2 unspecified atom stereocenters. The molecule has 1 fully saturated rings. The highest BCUT2D eigenvalue weighted by Crippen LogP contribution is 2.23. The van der Waals surface area contributed by atoms with E-state index in [1.54, 1.807) is 0 Å². The number of hydrogen-bond acceptors (Lipinski definition) is 3. The lowest BCUT2D eigenvalue weighted by molar-refractivity contribution is -0.142. The Morgan fingerprint density at radius 1 is 1.82 bits per heavy atom. The maximum Gasteiger partial charge on any atom is 0.307 e. The largest absolute Gasteiger partial charge is 0.481 e. The van der Waals surface area contributed by atoms with E-state index in [-0.39, 0.29) is 11.8 Å². The number of thiol groups is 1. The van der Waals surface area contributed by atoms with Gasteiger partial charge in [0.25, 0.3) is 0 Å². The predicted octanol–water partition coefficient (Wildman–Crippen LogP) is 0.653. The van der Waals surface area contributed by atoms with Crippen LogP contribution in [0.25, 0.3) is 0 Å². The van der Waals surface area contributed by atoms with Crippen LogP contribution in [0.3, 0.4) is 0 Å². The van der Waals surface area contributed by atoms with E-state index in [1.807, 2.05) is 0 Å². The molecule has 4 heteroatoms. The molecule has 1 saturated heterocycles. The molecule has 1 heterocycles. The van der Waals surface area contributed by atoms with Crippen molar-refractivity contribution in [1.82, 2.24) is 0 Å². The third-order valence-corrected chi connectivity index (χ3v) is 2.44. The number of carboxylic acids is 1. The monoisotopic (exact) mass is 176 g/mol. The fourth-order valence-corrected chi connectivity index (χ4v) is 1.75. The quantitative estimate of drug-likeness (QED) is 0.621. The Morgan fingerprint density at radius 2 is 2.55 bits per heavy atom. The number of aliphatic carboxylic acids is 1. The Morgan fingerprint density at radius 3 is 2.91 bits per heavy atom. The molecule has 0 spiro atoms. The molecular weight excluding hydrogens is 164 g/mol. The van der Waals surface area contributed by atoms with E-state index in [4.69, 9.17) is 9.84 Å². The second-order valence-electron chi connectivity index (χ2n) is 2.75. The number of carbonyl (C=O) groups is 1. The third-order valence-electron chi connectivity index (χ3n) is 2.05. The number of ether oxygens (including phenoxy) is 1. The Kier molecular flexibility index (Phi) is 3.20. The average Bonchev–Trinajstić information content (AvgIpc) is 2.40. The van der Waals surface area contributed by atoms with Gasteiger partial charge in [0.1, 0.15) is 0 Å². The summed E-state index contributed by atoms with van der Waals surface area (Å²) in [4.78, 5) is 10.6. The van der Waals surface area contributed by atoms with Crippen molar-refractivity contribution < 1.29 is 14.6 Å². The van der Waals surface area contributed by atoms with Gasteiger partial charge < -0.3 is 9.84 Å². The topological polar surface area (TPSA) is 46.5 Å². The fourth-order valence-electron chi connectivity index (χ4n) is 1.30. The highest BCUT2D eigenvalue weighted by Gasteiger charge is 2.29. The van der Waals surface area contributed by atoms with Gasteiger partial charge in [0.05, 0.1) is 12.5 Å².